The molecule has 2 saturated heterocycles. The summed E-state index contributed by atoms with van der Waals surface area (Å²) in [5.41, 5.74) is 1.30. The number of carbonyl (C=O) groups excluding carboxylic acids is 3. The SMILES string of the molecule is O=C(C=Cc1ccccc1)N1CCC(C(=O)N2CCN(C(=O)c3cccc(F)c3)CC2)CC1. The number of amides is 3. The quantitative estimate of drug-likeness (QED) is 0.674. The van der Waals surface area contributed by atoms with Crippen LogP contribution in [0.25, 0.3) is 6.08 Å². The van der Waals surface area contributed by atoms with E-state index in [0.29, 0.717) is 57.7 Å². The van der Waals surface area contributed by atoms with Gasteiger partial charge in [0.05, 0.1) is 0 Å². The first-order valence-corrected chi connectivity index (χ1v) is 11.4. The van der Waals surface area contributed by atoms with Crippen molar-refractivity contribution in [1.29, 1.82) is 0 Å². The van der Waals surface area contributed by atoms with Crippen LogP contribution in [0.2, 0.25) is 0 Å². The minimum atomic E-state index is -0.435. The van der Waals surface area contributed by atoms with Gasteiger partial charge in [-0.3, -0.25) is 14.4 Å². The predicted molar refractivity (Wildman–Crippen MR) is 124 cm³/mol. The van der Waals surface area contributed by atoms with Crippen LogP contribution in [0.5, 0.6) is 0 Å². The van der Waals surface area contributed by atoms with Gasteiger partial charge >= 0.3 is 0 Å². The van der Waals surface area contributed by atoms with Crippen molar-refractivity contribution in [2.24, 2.45) is 5.92 Å². The lowest BCUT2D eigenvalue weighted by atomic mass is 9.94. The Morgan fingerprint density at radius 3 is 2.12 bits per heavy atom. The van der Waals surface area contributed by atoms with E-state index in [0.717, 1.165) is 5.56 Å². The second kappa shape index (κ2) is 10.4. The first-order chi connectivity index (χ1) is 16.0. The summed E-state index contributed by atoms with van der Waals surface area (Å²) in [6.45, 7) is 2.93. The monoisotopic (exact) mass is 449 g/mol. The summed E-state index contributed by atoms with van der Waals surface area (Å²) < 4.78 is 13.4. The molecule has 33 heavy (non-hydrogen) atoms. The molecule has 0 N–H and O–H groups in total. The molecular formula is C26H28FN3O3. The van der Waals surface area contributed by atoms with E-state index >= 15 is 0 Å². The van der Waals surface area contributed by atoms with Crippen molar-refractivity contribution in [3.05, 3.63) is 77.6 Å². The molecular weight excluding hydrogens is 421 g/mol. The van der Waals surface area contributed by atoms with Crippen molar-refractivity contribution in [3.63, 3.8) is 0 Å². The Morgan fingerprint density at radius 2 is 1.45 bits per heavy atom. The van der Waals surface area contributed by atoms with Gasteiger partial charge in [0, 0.05) is 56.8 Å². The number of carbonyl (C=O) groups is 3. The average molecular weight is 450 g/mol. The molecule has 172 valence electrons. The molecule has 0 aromatic heterocycles. The summed E-state index contributed by atoms with van der Waals surface area (Å²) >= 11 is 0. The Balaban J connectivity index is 1.23. The third-order valence-corrected chi connectivity index (χ3v) is 6.32. The Labute approximate surface area is 193 Å². The smallest absolute Gasteiger partial charge is 0.254 e. The van der Waals surface area contributed by atoms with Crippen molar-refractivity contribution >= 4 is 23.8 Å². The number of nitrogens with zero attached hydrogens (tertiary/aromatic N) is 3. The molecule has 2 aromatic rings. The van der Waals surface area contributed by atoms with E-state index in [9.17, 15) is 18.8 Å². The normalized spacial score (nSPS) is 17.4. The molecule has 7 heteroatoms. The topological polar surface area (TPSA) is 60.9 Å². The van der Waals surface area contributed by atoms with Gasteiger partial charge in [-0.05, 0) is 42.7 Å². The van der Waals surface area contributed by atoms with E-state index in [1.165, 1.54) is 18.2 Å². The highest BCUT2D eigenvalue weighted by molar-refractivity contribution is 5.94. The molecule has 0 unspecified atom stereocenters. The summed E-state index contributed by atoms with van der Waals surface area (Å²) in [7, 11) is 0. The Morgan fingerprint density at radius 1 is 0.788 bits per heavy atom. The summed E-state index contributed by atoms with van der Waals surface area (Å²) in [6, 6.07) is 15.4. The second-order valence-corrected chi connectivity index (χ2v) is 8.47. The fourth-order valence-electron chi connectivity index (χ4n) is 4.38. The van der Waals surface area contributed by atoms with E-state index in [1.807, 2.05) is 41.3 Å². The maximum absolute atomic E-state index is 13.4. The lowest BCUT2D eigenvalue weighted by molar-refractivity contribution is -0.140. The minimum Gasteiger partial charge on any atom is -0.339 e. The second-order valence-electron chi connectivity index (χ2n) is 8.47. The number of halogens is 1. The zero-order chi connectivity index (χ0) is 23.2. The molecule has 0 spiro atoms. The lowest BCUT2D eigenvalue weighted by Crippen LogP contribution is -2.53. The summed E-state index contributed by atoms with van der Waals surface area (Å²) in [5.74, 6) is -0.682. The van der Waals surface area contributed by atoms with Crippen molar-refractivity contribution in [3.8, 4) is 0 Å². The van der Waals surface area contributed by atoms with Gasteiger partial charge in [-0.2, -0.15) is 0 Å². The van der Waals surface area contributed by atoms with Crippen LogP contribution in [-0.4, -0.2) is 71.7 Å². The van der Waals surface area contributed by atoms with Gasteiger partial charge in [-0.1, -0.05) is 36.4 Å². The van der Waals surface area contributed by atoms with Crippen LogP contribution in [0.4, 0.5) is 4.39 Å². The van der Waals surface area contributed by atoms with E-state index < -0.39 is 5.82 Å². The number of rotatable bonds is 4. The van der Waals surface area contributed by atoms with Crippen molar-refractivity contribution < 1.29 is 18.8 Å². The number of hydrogen-bond donors (Lipinski definition) is 0. The van der Waals surface area contributed by atoms with Crippen LogP contribution >= 0.6 is 0 Å². The maximum Gasteiger partial charge on any atom is 0.254 e. The summed E-state index contributed by atoms with van der Waals surface area (Å²) in [6.07, 6.45) is 4.69. The number of piperazine rings is 1. The predicted octanol–water partition coefficient (Wildman–Crippen LogP) is 3.06. The zero-order valence-corrected chi connectivity index (χ0v) is 18.5. The van der Waals surface area contributed by atoms with Gasteiger partial charge < -0.3 is 14.7 Å². The molecule has 0 bridgehead atoms. The number of benzene rings is 2. The Kier molecular flexibility index (Phi) is 7.17. The van der Waals surface area contributed by atoms with Crippen LogP contribution in [0.1, 0.15) is 28.8 Å². The van der Waals surface area contributed by atoms with Crippen LogP contribution in [0.15, 0.2) is 60.7 Å². The first-order valence-electron chi connectivity index (χ1n) is 11.4. The molecule has 0 saturated carbocycles. The molecule has 2 fully saturated rings. The molecule has 3 amide bonds. The lowest BCUT2D eigenvalue weighted by Gasteiger charge is -2.38. The van der Waals surface area contributed by atoms with Crippen molar-refractivity contribution in [2.45, 2.75) is 12.8 Å². The van der Waals surface area contributed by atoms with Gasteiger partial charge in [0.2, 0.25) is 11.8 Å². The molecule has 2 aliphatic heterocycles. The fraction of sp³-hybridized carbons (Fsp3) is 0.346. The Bertz CT molecular complexity index is 1020. The van der Waals surface area contributed by atoms with Crippen LogP contribution in [-0.2, 0) is 9.59 Å². The molecule has 6 nitrogen and oxygen atoms in total. The minimum absolute atomic E-state index is 0.0331. The fourth-order valence-corrected chi connectivity index (χ4v) is 4.38. The van der Waals surface area contributed by atoms with Crippen molar-refractivity contribution in [1.82, 2.24) is 14.7 Å². The zero-order valence-electron chi connectivity index (χ0n) is 18.5. The van der Waals surface area contributed by atoms with Gasteiger partial charge in [0.15, 0.2) is 0 Å². The number of likely N-dealkylation sites (tertiary alicyclic amines) is 1. The molecule has 0 radical (unpaired) electrons. The van der Waals surface area contributed by atoms with Gasteiger partial charge in [-0.25, -0.2) is 4.39 Å². The van der Waals surface area contributed by atoms with Gasteiger partial charge in [0.1, 0.15) is 5.82 Å². The van der Waals surface area contributed by atoms with E-state index in [-0.39, 0.29) is 23.6 Å². The highest BCUT2D eigenvalue weighted by Gasteiger charge is 2.32. The Hall–Kier alpha value is -3.48. The van der Waals surface area contributed by atoms with Gasteiger partial charge in [-0.15, -0.1) is 0 Å². The van der Waals surface area contributed by atoms with Crippen LogP contribution in [0, 0.1) is 11.7 Å². The van der Waals surface area contributed by atoms with E-state index in [1.54, 1.807) is 21.9 Å². The molecule has 0 aliphatic carbocycles. The van der Waals surface area contributed by atoms with Gasteiger partial charge in [0.25, 0.3) is 5.91 Å². The largest absolute Gasteiger partial charge is 0.339 e. The van der Waals surface area contributed by atoms with E-state index in [2.05, 4.69) is 0 Å². The summed E-state index contributed by atoms with van der Waals surface area (Å²) in [5, 5.41) is 0. The van der Waals surface area contributed by atoms with Crippen LogP contribution < -0.4 is 0 Å². The third-order valence-electron chi connectivity index (χ3n) is 6.32. The molecule has 2 aromatic carbocycles. The molecule has 4 rings (SSSR count). The molecule has 0 atom stereocenters. The highest BCUT2D eigenvalue weighted by atomic mass is 19.1. The highest BCUT2D eigenvalue weighted by Crippen LogP contribution is 2.21. The number of piperidine rings is 1. The third kappa shape index (κ3) is 5.66. The first kappa shape index (κ1) is 22.7. The van der Waals surface area contributed by atoms with E-state index in [4.69, 9.17) is 0 Å². The van der Waals surface area contributed by atoms with Crippen LogP contribution in [0.3, 0.4) is 0 Å². The van der Waals surface area contributed by atoms with Crippen molar-refractivity contribution in [2.75, 3.05) is 39.3 Å². The molecule has 2 aliphatic rings. The average Bonchev–Trinajstić information content (AvgIpc) is 2.87. The molecule has 2 heterocycles. The standard InChI is InChI=1S/C26H28FN3O3/c27-23-8-4-7-22(19-23)26(33)30-17-15-29(16-18-30)25(32)21-11-13-28(14-12-21)24(31)10-9-20-5-2-1-3-6-20/h1-10,19,21H,11-18H2. The summed E-state index contributed by atoms with van der Waals surface area (Å²) in [4.78, 5) is 43.3. The number of hydrogen-bond acceptors (Lipinski definition) is 3. The maximum atomic E-state index is 13.4.